The highest BCUT2D eigenvalue weighted by atomic mass is 31.1. The molecule has 0 radical (unpaired) electrons. The Morgan fingerprint density at radius 3 is 2.75 bits per heavy atom. The number of unbranched alkanes of at least 4 members (excludes halogenated alkanes) is 1. The van der Waals surface area contributed by atoms with Crippen molar-refractivity contribution in [2.45, 2.75) is 39.5 Å². The van der Waals surface area contributed by atoms with Gasteiger partial charge in [0.1, 0.15) is 0 Å². The summed E-state index contributed by atoms with van der Waals surface area (Å²) in [4.78, 5) is 0. The second-order valence-electron chi connectivity index (χ2n) is 3.04. The Labute approximate surface area is 78.9 Å². The molecule has 0 saturated carbocycles. The van der Waals surface area contributed by atoms with E-state index >= 15 is 0 Å². The van der Waals surface area contributed by atoms with Gasteiger partial charge in [-0.05, 0) is 39.3 Å². The monoisotopic (exact) mass is 184 g/mol. The zero-order valence-electron chi connectivity index (χ0n) is 8.56. The smallest absolute Gasteiger partial charge is 0.0320 e. The Bertz CT molecular complexity index is 145. The van der Waals surface area contributed by atoms with E-state index in [9.17, 15) is 0 Å². The van der Waals surface area contributed by atoms with Gasteiger partial charge in [0.15, 0.2) is 0 Å². The maximum atomic E-state index is 2.32. The first-order valence-corrected chi connectivity index (χ1v) is 6.37. The molecule has 0 aromatic carbocycles. The van der Waals surface area contributed by atoms with Gasteiger partial charge < -0.3 is 0 Å². The fraction of sp³-hybridized carbons (Fsp3) is 0.636. The van der Waals surface area contributed by atoms with E-state index in [1.807, 2.05) is 0 Å². The van der Waals surface area contributed by atoms with Crippen LogP contribution >= 0.6 is 8.58 Å². The third-order valence-corrected chi connectivity index (χ3v) is 2.35. The molecule has 0 aliphatic heterocycles. The molecule has 0 amide bonds. The molecular weight excluding hydrogens is 163 g/mol. The maximum absolute atomic E-state index is 2.32. The van der Waals surface area contributed by atoms with Crippen LogP contribution in [0.1, 0.15) is 39.5 Å². The standard InChI is InChI=1S/C11H21P/c1-4-8-11(2)9-6-5-7-10-12-3/h7-8,10,12H,4-6,9H2,1-3H3/b10-7+,11-8-. The molecule has 12 heavy (non-hydrogen) atoms. The maximum Gasteiger partial charge on any atom is -0.0320 e. The molecule has 1 unspecified atom stereocenters. The minimum Gasteiger partial charge on any atom is -0.102 e. The van der Waals surface area contributed by atoms with Gasteiger partial charge in [-0.25, -0.2) is 0 Å². The lowest BCUT2D eigenvalue weighted by Crippen LogP contribution is -1.76. The van der Waals surface area contributed by atoms with E-state index in [2.05, 4.69) is 38.5 Å². The molecule has 0 aliphatic carbocycles. The number of rotatable bonds is 6. The number of hydrogen-bond donors (Lipinski definition) is 0. The van der Waals surface area contributed by atoms with Crippen LogP contribution in [0.15, 0.2) is 23.5 Å². The molecule has 0 rings (SSSR count). The third kappa shape index (κ3) is 8.01. The van der Waals surface area contributed by atoms with Crippen molar-refractivity contribution in [2.75, 3.05) is 6.66 Å². The van der Waals surface area contributed by atoms with Crippen molar-refractivity contribution >= 4 is 8.58 Å². The summed E-state index contributed by atoms with van der Waals surface area (Å²) in [5.41, 5.74) is 1.55. The first-order valence-electron chi connectivity index (χ1n) is 4.79. The van der Waals surface area contributed by atoms with Gasteiger partial charge in [-0.3, -0.25) is 0 Å². The second-order valence-corrected chi connectivity index (χ2v) is 3.95. The molecule has 0 fully saturated rings. The van der Waals surface area contributed by atoms with E-state index < -0.39 is 0 Å². The first-order chi connectivity index (χ1) is 5.81. The van der Waals surface area contributed by atoms with E-state index in [0.717, 1.165) is 8.58 Å². The van der Waals surface area contributed by atoms with Crippen molar-refractivity contribution in [1.82, 2.24) is 0 Å². The van der Waals surface area contributed by atoms with Gasteiger partial charge in [0.25, 0.3) is 0 Å². The number of hydrogen-bond acceptors (Lipinski definition) is 0. The summed E-state index contributed by atoms with van der Waals surface area (Å²) in [6.45, 7) is 6.63. The van der Waals surface area contributed by atoms with E-state index in [0.29, 0.717) is 0 Å². The largest absolute Gasteiger partial charge is 0.102 e. The lowest BCUT2D eigenvalue weighted by atomic mass is 10.1. The fourth-order valence-electron chi connectivity index (χ4n) is 1.15. The highest BCUT2D eigenvalue weighted by molar-refractivity contribution is 7.40. The summed E-state index contributed by atoms with van der Waals surface area (Å²) in [5, 5.41) is 0. The van der Waals surface area contributed by atoms with Crippen LogP contribution in [-0.4, -0.2) is 6.66 Å². The van der Waals surface area contributed by atoms with Crippen molar-refractivity contribution in [2.24, 2.45) is 0 Å². The Morgan fingerprint density at radius 2 is 2.17 bits per heavy atom. The topological polar surface area (TPSA) is 0 Å². The Balaban J connectivity index is 3.31. The molecule has 1 heteroatoms. The van der Waals surface area contributed by atoms with Crippen molar-refractivity contribution in [1.29, 1.82) is 0 Å². The Hall–Kier alpha value is -0.0900. The molecular formula is C11H21P. The summed E-state index contributed by atoms with van der Waals surface area (Å²) in [6, 6.07) is 0. The Kier molecular flexibility index (Phi) is 8.93. The van der Waals surface area contributed by atoms with Gasteiger partial charge in [0, 0.05) is 0 Å². The van der Waals surface area contributed by atoms with Crippen molar-refractivity contribution in [3.8, 4) is 0 Å². The first kappa shape index (κ1) is 11.9. The molecule has 0 heterocycles. The molecule has 70 valence electrons. The van der Waals surface area contributed by atoms with Crippen LogP contribution in [0.3, 0.4) is 0 Å². The van der Waals surface area contributed by atoms with Gasteiger partial charge >= 0.3 is 0 Å². The van der Waals surface area contributed by atoms with E-state index in [4.69, 9.17) is 0 Å². The minimum atomic E-state index is 0.969. The van der Waals surface area contributed by atoms with Gasteiger partial charge in [-0.2, -0.15) is 0 Å². The zero-order valence-corrected chi connectivity index (χ0v) is 9.56. The van der Waals surface area contributed by atoms with Crippen LogP contribution in [0.4, 0.5) is 0 Å². The molecule has 0 aromatic rings. The summed E-state index contributed by atoms with van der Waals surface area (Å²) < 4.78 is 0. The second kappa shape index (κ2) is 9.00. The summed E-state index contributed by atoms with van der Waals surface area (Å²) in [7, 11) is 0.969. The summed E-state index contributed by atoms with van der Waals surface area (Å²) >= 11 is 0. The minimum absolute atomic E-state index is 0.969. The molecule has 0 N–H and O–H groups in total. The van der Waals surface area contributed by atoms with Gasteiger partial charge in [0.2, 0.25) is 0 Å². The fourth-order valence-corrected chi connectivity index (χ4v) is 1.55. The predicted octanol–water partition coefficient (Wildman–Crippen LogP) is 4.34. The molecule has 0 saturated heterocycles. The van der Waals surface area contributed by atoms with Crippen LogP contribution in [0.5, 0.6) is 0 Å². The molecule has 0 aromatic heterocycles. The highest BCUT2D eigenvalue weighted by Crippen LogP contribution is 2.10. The average molecular weight is 184 g/mol. The lowest BCUT2D eigenvalue weighted by Gasteiger charge is -1.97. The van der Waals surface area contributed by atoms with E-state index in [1.165, 1.54) is 25.7 Å². The summed E-state index contributed by atoms with van der Waals surface area (Å²) in [6.07, 6.45) is 9.63. The molecule has 0 spiro atoms. The van der Waals surface area contributed by atoms with Crippen LogP contribution in [0.25, 0.3) is 0 Å². The molecule has 0 aliphatic rings. The zero-order chi connectivity index (χ0) is 9.23. The van der Waals surface area contributed by atoms with Crippen molar-refractivity contribution in [3.63, 3.8) is 0 Å². The predicted molar refractivity (Wildman–Crippen MR) is 61.3 cm³/mol. The summed E-state index contributed by atoms with van der Waals surface area (Å²) in [5.74, 6) is 2.28. The molecule has 0 nitrogen and oxygen atoms in total. The van der Waals surface area contributed by atoms with Crippen LogP contribution in [0, 0.1) is 0 Å². The molecule has 1 atom stereocenters. The average Bonchev–Trinajstić information content (AvgIpc) is 2.05. The van der Waals surface area contributed by atoms with Crippen molar-refractivity contribution in [3.05, 3.63) is 23.5 Å². The van der Waals surface area contributed by atoms with E-state index in [-0.39, 0.29) is 0 Å². The third-order valence-electron chi connectivity index (χ3n) is 1.78. The number of allylic oxidation sites excluding steroid dienone is 3. The van der Waals surface area contributed by atoms with E-state index in [1.54, 1.807) is 5.57 Å². The quantitative estimate of drug-likeness (QED) is 0.327. The lowest BCUT2D eigenvalue weighted by molar-refractivity contribution is 0.828. The SMILES string of the molecule is CC/C=C(/C)CCC/C=C/PC. The van der Waals surface area contributed by atoms with Gasteiger partial charge in [-0.1, -0.05) is 30.5 Å². The van der Waals surface area contributed by atoms with Crippen molar-refractivity contribution < 1.29 is 0 Å². The van der Waals surface area contributed by atoms with Crippen LogP contribution in [-0.2, 0) is 0 Å². The van der Waals surface area contributed by atoms with Gasteiger partial charge in [-0.15, -0.1) is 8.58 Å². The van der Waals surface area contributed by atoms with Gasteiger partial charge in [0.05, 0.1) is 0 Å². The van der Waals surface area contributed by atoms with Crippen LogP contribution < -0.4 is 0 Å². The normalized spacial score (nSPS) is 13.8. The highest BCUT2D eigenvalue weighted by Gasteiger charge is 1.87. The Morgan fingerprint density at radius 1 is 1.42 bits per heavy atom. The molecule has 0 bridgehead atoms. The van der Waals surface area contributed by atoms with Crippen LogP contribution in [0.2, 0.25) is 0 Å².